The van der Waals surface area contributed by atoms with Crippen molar-refractivity contribution in [2.24, 2.45) is 0 Å². The van der Waals surface area contributed by atoms with Gasteiger partial charge in [0.25, 0.3) is 0 Å². The van der Waals surface area contributed by atoms with Crippen molar-refractivity contribution in [2.45, 2.75) is 13.5 Å². The maximum absolute atomic E-state index is 5.73. The van der Waals surface area contributed by atoms with E-state index in [-0.39, 0.29) is 0 Å². The Morgan fingerprint density at radius 1 is 1.28 bits per heavy atom. The van der Waals surface area contributed by atoms with E-state index in [4.69, 9.17) is 10.5 Å². The van der Waals surface area contributed by atoms with Crippen LogP contribution in [-0.2, 0) is 11.3 Å². The van der Waals surface area contributed by atoms with E-state index in [1.165, 1.54) is 5.56 Å². The maximum Gasteiger partial charge on any atom is 0.158 e. The number of benzene rings is 1. The van der Waals surface area contributed by atoms with Gasteiger partial charge in [-0.05, 0) is 24.6 Å². The summed E-state index contributed by atoms with van der Waals surface area (Å²) in [6.45, 7) is 2.38. The first-order valence-electron chi connectivity index (χ1n) is 5.63. The Balaban J connectivity index is 2.23. The lowest BCUT2D eigenvalue weighted by Gasteiger charge is -2.08. The molecule has 0 fully saturated rings. The Labute approximate surface area is 106 Å². The van der Waals surface area contributed by atoms with Crippen molar-refractivity contribution in [3.05, 3.63) is 41.7 Å². The smallest absolute Gasteiger partial charge is 0.158 e. The highest BCUT2D eigenvalue weighted by Crippen LogP contribution is 2.17. The summed E-state index contributed by atoms with van der Waals surface area (Å²) in [5.41, 5.74) is 7.88. The number of aryl methyl sites for hydroxylation is 1. The molecule has 1 aromatic heterocycles. The van der Waals surface area contributed by atoms with Crippen molar-refractivity contribution in [3.63, 3.8) is 0 Å². The fourth-order valence-electron chi connectivity index (χ4n) is 1.65. The van der Waals surface area contributed by atoms with Crippen LogP contribution < -0.4 is 11.1 Å². The second-order valence-corrected chi connectivity index (χ2v) is 4.02. The van der Waals surface area contributed by atoms with Gasteiger partial charge in [0.15, 0.2) is 5.82 Å². The molecule has 0 saturated carbocycles. The molecule has 2 rings (SSSR count). The molecule has 18 heavy (non-hydrogen) atoms. The standard InChI is InChI=1S/C13H16N4O/c1-9-4-3-5-10(6-9)15-12-7-11(14)16-13(17-12)8-18-2/h3-7H,8H2,1-2H3,(H3,14,15,16,17). The van der Waals surface area contributed by atoms with Crippen LogP contribution in [0.2, 0.25) is 0 Å². The third kappa shape index (κ3) is 3.18. The van der Waals surface area contributed by atoms with Gasteiger partial charge in [-0.25, -0.2) is 9.97 Å². The van der Waals surface area contributed by atoms with E-state index in [1.54, 1.807) is 13.2 Å². The zero-order chi connectivity index (χ0) is 13.0. The predicted octanol–water partition coefficient (Wildman–Crippen LogP) is 2.26. The average Bonchev–Trinajstić information content (AvgIpc) is 2.28. The van der Waals surface area contributed by atoms with Crippen LogP contribution in [0.4, 0.5) is 17.3 Å². The van der Waals surface area contributed by atoms with Gasteiger partial charge in [0.05, 0.1) is 0 Å². The van der Waals surface area contributed by atoms with Crippen molar-refractivity contribution in [3.8, 4) is 0 Å². The number of nitrogens with two attached hydrogens (primary N) is 1. The number of hydrogen-bond donors (Lipinski definition) is 2. The minimum absolute atomic E-state index is 0.341. The van der Waals surface area contributed by atoms with Crippen LogP contribution in [0.15, 0.2) is 30.3 Å². The molecule has 1 heterocycles. The van der Waals surface area contributed by atoms with Gasteiger partial charge in [-0.15, -0.1) is 0 Å². The van der Waals surface area contributed by atoms with E-state index in [0.29, 0.717) is 24.1 Å². The number of rotatable bonds is 4. The average molecular weight is 244 g/mol. The number of nitrogens with zero attached hydrogens (tertiary/aromatic N) is 2. The molecule has 0 spiro atoms. The largest absolute Gasteiger partial charge is 0.384 e. The predicted molar refractivity (Wildman–Crippen MR) is 71.6 cm³/mol. The molecule has 1 aromatic carbocycles. The molecule has 94 valence electrons. The highest BCUT2D eigenvalue weighted by atomic mass is 16.5. The quantitative estimate of drug-likeness (QED) is 0.863. The topological polar surface area (TPSA) is 73.1 Å². The summed E-state index contributed by atoms with van der Waals surface area (Å²) < 4.78 is 5.00. The van der Waals surface area contributed by atoms with Gasteiger partial charge in [-0.3, -0.25) is 0 Å². The Morgan fingerprint density at radius 3 is 2.83 bits per heavy atom. The highest BCUT2D eigenvalue weighted by molar-refractivity contribution is 5.59. The summed E-state index contributed by atoms with van der Waals surface area (Å²) in [7, 11) is 1.60. The molecule has 5 nitrogen and oxygen atoms in total. The van der Waals surface area contributed by atoms with Crippen molar-refractivity contribution >= 4 is 17.3 Å². The first-order chi connectivity index (χ1) is 8.67. The molecule has 0 unspecified atom stereocenters. The monoisotopic (exact) mass is 244 g/mol. The molecular formula is C13H16N4O. The van der Waals surface area contributed by atoms with Gasteiger partial charge >= 0.3 is 0 Å². The van der Waals surface area contributed by atoms with Gasteiger partial charge in [0.1, 0.15) is 18.2 Å². The number of aromatic nitrogens is 2. The van der Waals surface area contributed by atoms with Gasteiger partial charge in [-0.2, -0.15) is 0 Å². The maximum atomic E-state index is 5.73. The molecule has 5 heteroatoms. The van der Waals surface area contributed by atoms with Crippen LogP contribution in [0.5, 0.6) is 0 Å². The third-order valence-corrected chi connectivity index (χ3v) is 2.36. The second kappa shape index (κ2) is 5.46. The van der Waals surface area contributed by atoms with Crippen LogP contribution >= 0.6 is 0 Å². The minimum Gasteiger partial charge on any atom is -0.384 e. The SMILES string of the molecule is COCc1nc(N)cc(Nc2cccc(C)c2)n1. The molecule has 0 radical (unpaired) electrons. The summed E-state index contributed by atoms with van der Waals surface area (Å²) in [6.07, 6.45) is 0. The van der Waals surface area contributed by atoms with Gasteiger partial charge in [0.2, 0.25) is 0 Å². The van der Waals surface area contributed by atoms with Crippen LogP contribution in [0.1, 0.15) is 11.4 Å². The Morgan fingerprint density at radius 2 is 2.11 bits per heavy atom. The summed E-state index contributed by atoms with van der Waals surface area (Å²) >= 11 is 0. The van der Waals surface area contributed by atoms with E-state index < -0.39 is 0 Å². The number of ether oxygens (including phenoxy) is 1. The Hall–Kier alpha value is -2.14. The van der Waals surface area contributed by atoms with E-state index in [9.17, 15) is 0 Å². The summed E-state index contributed by atoms with van der Waals surface area (Å²) in [5, 5.41) is 3.20. The summed E-state index contributed by atoms with van der Waals surface area (Å²) in [5.74, 6) is 1.65. The number of hydrogen-bond acceptors (Lipinski definition) is 5. The van der Waals surface area contributed by atoms with Crippen LogP contribution in [0.25, 0.3) is 0 Å². The number of nitrogens with one attached hydrogen (secondary N) is 1. The molecule has 0 amide bonds. The van der Waals surface area contributed by atoms with Crippen molar-refractivity contribution in [1.82, 2.24) is 9.97 Å². The molecule has 0 aliphatic heterocycles. The van der Waals surface area contributed by atoms with Crippen molar-refractivity contribution in [1.29, 1.82) is 0 Å². The van der Waals surface area contributed by atoms with Crippen molar-refractivity contribution < 1.29 is 4.74 Å². The second-order valence-electron chi connectivity index (χ2n) is 4.02. The summed E-state index contributed by atoms with van der Waals surface area (Å²) in [6, 6.07) is 9.73. The summed E-state index contributed by atoms with van der Waals surface area (Å²) in [4.78, 5) is 8.41. The number of nitrogen functional groups attached to an aromatic ring is 1. The van der Waals surface area contributed by atoms with E-state index in [2.05, 4.69) is 15.3 Å². The zero-order valence-electron chi connectivity index (χ0n) is 10.5. The van der Waals surface area contributed by atoms with E-state index >= 15 is 0 Å². The third-order valence-electron chi connectivity index (χ3n) is 2.36. The van der Waals surface area contributed by atoms with Crippen LogP contribution in [-0.4, -0.2) is 17.1 Å². The normalized spacial score (nSPS) is 10.3. The highest BCUT2D eigenvalue weighted by Gasteiger charge is 2.03. The Bertz CT molecular complexity index is 542. The lowest BCUT2D eigenvalue weighted by Crippen LogP contribution is -2.04. The zero-order valence-corrected chi connectivity index (χ0v) is 10.5. The molecular weight excluding hydrogens is 228 g/mol. The molecule has 0 saturated heterocycles. The van der Waals surface area contributed by atoms with E-state index in [1.807, 2.05) is 31.2 Å². The van der Waals surface area contributed by atoms with Crippen molar-refractivity contribution in [2.75, 3.05) is 18.2 Å². The first-order valence-corrected chi connectivity index (χ1v) is 5.63. The minimum atomic E-state index is 0.341. The number of methoxy groups -OCH3 is 1. The van der Waals surface area contributed by atoms with E-state index in [0.717, 1.165) is 5.69 Å². The lowest BCUT2D eigenvalue weighted by molar-refractivity contribution is 0.178. The van der Waals surface area contributed by atoms with Gasteiger partial charge < -0.3 is 15.8 Å². The number of anilines is 3. The van der Waals surface area contributed by atoms with Gasteiger partial charge in [0, 0.05) is 18.9 Å². The molecule has 0 aliphatic carbocycles. The molecule has 2 aromatic rings. The van der Waals surface area contributed by atoms with Gasteiger partial charge in [-0.1, -0.05) is 12.1 Å². The van der Waals surface area contributed by atoms with Crippen LogP contribution in [0.3, 0.4) is 0 Å². The molecule has 3 N–H and O–H groups in total. The molecule has 0 bridgehead atoms. The molecule has 0 atom stereocenters. The lowest BCUT2D eigenvalue weighted by atomic mass is 10.2. The first kappa shape index (κ1) is 12.3. The fourth-order valence-corrected chi connectivity index (χ4v) is 1.65. The molecule has 0 aliphatic rings. The Kier molecular flexibility index (Phi) is 3.74. The fraction of sp³-hybridized carbons (Fsp3) is 0.231. The van der Waals surface area contributed by atoms with Crippen LogP contribution in [0, 0.1) is 6.92 Å².